The van der Waals surface area contributed by atoms with Crippen molar-refractivity contribution >= 4 is 21.7 Å². The van der Waals surface area contributed by atoms with Crippen LogP contribution in [-0.4, -0.2) is 45.8 Å². The normalized spacial score (nSPS) is 12.8. The number of carboxylic acids is 1. The molecule has 1 atom stereocenters. The summed E-state index contributed by atoms with van der Waals surface area (Å²) in [4.78, 5) is 11.4. The first kappa shape index (κ1) is 20.4. The largest absolute Gasteiger partial charge is 0.478 e. The van der Waals surface area contributed by atoms with Crippen molar-refractivity contribution in [1.29, 1.82) is 0 Å². The topological polar surface area (TPSA) is 105 Å². The second-order valence-corrected chi connectivity index (χ2v) is 7.31. The molecule has 1 rings (SSSR count). The third kappa shape index (κ3) is 6.10. The van der Waals surface area contributed by atoms with Gasteiger partial charge in [-0.3, -0.25) is 0 Å². The van der Waals surface area contributed by atoms with E-state index in [1.807, 2.05) is 6.92 Å². The van der Waals surface area contributed by atoms with E-state index in [2.05, 4.69) is 10.0 Å². The Hall–Kier alpha value is -1.64. The molecule has 0 heterocycles. The van der Waals surface area contributed by atoms with Crippen molar-refractivity contribution in [2.45, 2.75) is 44.0 Å². The third-order valence-electron chi connectivity index (χ3n) is 3.45. The Labute approximate surface area is 143 Å². The lowest BCUT2D eigenvalue weighted by Gasteiger charge is -2.15. The van der Waals surface area contributed by atoms with Crippen LogP contribution in [0.25, 0.3) is 0 Å². The smallest absolute Gasteiger partial charge is 0.337 e. The molecule has 0 spiro atoms. The molecule has 3 N–H and O–H groups in total. The summed E-state index contributed by atoms with van der Waals surface area (Å²) >= 11 is 0. The zero-order valence-electron chi connectivity index (χ0n) is 14.3. The van der Waals surface area contributed by atoms with Gasteiger partial charge in [0.2, 0.25) is 10.0 Å². The van der Waals surface area contributed by atoms with Crippen LogP contribution in [0, 0.1) is 0 Å². The highest BCUT2D eigenvalue weighted by atomic mass is 32.2. The standard InChI is InChI=1S/C16H26N2O5S/c1-4-6-12(2)18-24(21,22)13-7-8-15(14(11-13)16(19)20)17-9-5-10-23-3/h7-8,11-12,17-18H,4-6,9-10H2,1-3H3,(H,19,20). The minimum atomic E-state index is -3.74. The van der Waals surface area contributed by atoms with Crippen molar-refractivity contribution < 1.29 is 23.1 Å². The Morgan fingerprint density at radius 1 is 1.38 bits per heavy atom. The Bertz CT molecular complexity index is 646. The van der Waals surface area contributed by atoms with Crippen molar-refractivity contribution in [2.24, 2.45) is 0 Å². The maximum absolute atomic E-state index is 12.4. The monoisotopic (exact) mass is 358 g/mol. The quantitative estimate of drug-likeness (QED) is 0.524. The molecule has 1 aromatic rings. The Kier molecular flexibility index (Phi) is 8.17. The first-order valence-electron chi connectivity index (χ1n) is 7.94. The SMILES string of the molecule is CCCC(C)NS(=O)(=O)c1ccc(NCCCOC)c(C(=O)O)c1. The number of carbonyl (C=O) groups is 1. The Morgan fingerprint density at radius 2 is 2.08 bits per heavy atom. The summed E-state index contributed by atoms with van der Waals surface area (Å²) in [7, 11) is -2.15. The molecule has 0 aromatic heterocycles. The van der Waals surface area contributed by atoms with Crippen LogP contribution in [0.2, 0.25) is 0 Å². The van der Waals surface area contributed by atoms with Gasteiger partial charge in [0, 0.05) is 32.0 Å². The number of anilines is 1. The molecule has 0 amide bonds. The van der Waals surface area contributed by atoms with E-state index in [9.17, 15) is 18.3 Å². The van der Waals surface area contributed by atoms with Gasteiger partial charge in [-0.2, -0.15) is 0 Å². The number of aromatic carboxylic acids is 1. The van der Waals surface area contributed by atoms with Gasteiger partial charge in [0.1, 0.15) is 0 Å². The molecule has 7 nitrogen and oxygen atoms in total. The minimum absolute atomic E-state index is 0.0507. The van der Waals surface area contributed by atoms with Crippen molar-refractivity contribution in [3.63, 3.8) is 0 Å². The fourth-order valence-corrected chi connectivity index (χ4v) is 3.59. The summed E-state index contributed by atoms with van der Waals surface area (Å²) in [5, 5.41) is 12.3. The molecule has 0 aliphatic heterocycles. The van der Waals surface area contributed by atoms with E-state index in [-0.39, 0.29) is 16.5 Å². The molecular formula is C16H26N2O5S. The number of nitrogens with one attached hydrogen (secondary N) is 2. The van der Waals surface area contributed by atoms with Crippen molar-refractivity contribution in [3.05, 3.63) is 23.8 Å². The predicted molar refractivity (Wildman–Crippen MR) is 93.1 cm³/mol. The summed E-state index contributed by atoms with van der Waals surface area (Å²) in [5.74, 6) is -1.18. The fraction of sp³-hybridized carbons (Fsp3) is 0.562. The van der Waals surface area contributed by atoms with Gasteiger partial charge in [-0.25, -0.2) is 17.9 Å². The van der Waals surface area contributed by atoms with Crippen LogP contribution in [0.15, 0.2) is 23.1 Å². The van der Waals surface area contributed by atoms with E-state index < -0.39 is 16.0 Å². The second kappa shape index (κ2) is 9.61. The summed E-state index contributed by atoms with van der Waals surface area (Å²) in [5.41, 5.74) is 0.317. The zero-order valence-corrected chi connectivity index (χ0v) is 15.1. The highest BCUT2D eigenvalue weighted by molar-refractivity contribution is 7.89. The van der Waals surface area contributed by atoms with E-state index in [0.29, 0.717) is 31.7 Å². The molecule has 0 saturated carbocycles. The fourth-order valence-electron chi connectivity index (χ4n) is 2.29. The molecule has 0 fully saturated rings. The number of sulfonamides is 1. The van der Waals surface area contributed by atoms with Crippen LogP contribution in [-0.2, 0) is 14.8 Å². The number of benzene rings is 1. The first-order valence-corrected chi connectivity index (χ1v) is 9.42. The average Bonchev–Trinajstić information content (AvgIpc) is 2.51. The van der Waals surface area contributed by atoms with Crippen LogP contribution < -0.4 is 10.0 Å². The molecule has 8 heteroatoms. The van der Waals surface area contributed by atoms with E-state index in [0.717, 1.165) is 6.42 Å². The molecule has 0 aliphatic carbocycles. The van der Waals surface area contributed by atoms with Crippen LogP contribution in [0.4, 0.5) is 5.69 Å². The van der Waals surface area contributed by atoms with Gasteiger partial charge in [-0.1, -0.05) is 13.3 Å². The molecule has 0 aliphatic rings. The zero-order chi connectivity index (χ0) is 18.2. The first-order chi connectivity index (χ1) is 11.3. The van der Waals surface area contributed by atoms with Gasteiger partial charge in [0.05, 0.1) is 10.5 Å². The van der Waals surface area contributed by atoms with Gasteiger partial charge < -0.3 is 15.2 Å². The van der Waals surface area contributed by atoms with E-state index in [1.54, 1.807) is 14.0 Å². The molecule has 24 heavy (non-hydrogen) atoms. The Balaban J connectivity index is 2.98. The maximum atomic E-state index is 12.4. The molecule has 1 aromatic carbocycles. The summed E-state index contributed by atoms with van der Waals surface area (Å²) in [6.07, 6.45) is 2.28. The van der Waals surface area contributed by atoms with Crippen molar-refractivity contribution in [2.75, 3.05) is 25.6 Å². The maximum Gasteiger partial charge on any atom is 0.337 e. The highest BCUT2D eigenvalue weighted by Crippen LogP contribution is 2.21. The number of ether oxygens (including phenoxy) is 1. The molecule has 0 radical (unpaired) electrons. The number of hydrogen-bond acceptors (Lipinski definition) is 5. The summed E-state index contributed by atoms with van der Waals surface area (Å²) < 4.78 is 32.2. The predicted octanol–water partition coefficient (Wildman–Crippen LogP) is 2.30. The van der Waals surface area contributed by atoms with Crippen LogP contribution >= 0.6 is 0 Å². The molecule has 0 saturated heterocycles. The lowest BCUT2D eigenvalue weighted by Crippen LogP contribution is -2.32. The molecular weight excluding hydrogens is 332 g/mol. The van der Waals surface area contributed by atoms with Gasteiger partial charge in [0.25, 0.3) is 0 Å². The van der Waals surface area contributed by atoms with E-state index in [1.165, 1.54) is 18.2 Å². The lowest BCUT2D eigenvalue weighted by molar-refractivity contribution is 0.0697. The van der Waals surface area contributed by atoms with Crippen LogP contribution in [0.3, 0.4) is 0 Å². The molecule has 1 unspecified atom stereocenters. The second-order valence-electron chi connectivity index (χ2n) is 5.60. The minimum Gasteiger partial charge on any atom is -0.478 e. The highest BCUT2D eigenvalue weighted by Gasteiger charge is 2.20. The summed E-state index contributed by atoms with van der Waals surface area (Å²) in [6, 6.07) is 3.86. The number of methoxy groups -OCH3 is 1. The van der Waals surface area contributed by atoms with E-state index in [4.69, 9.17) is 4.74 Å². The van der Waals surface area contributed by atoms with Gasteiger partial charge in [-0.15, -0.1) is 0 Å². The van der Waals surface area contributed by atoms with Crippen molar-refractivity contribution in [3.8, 4) is 0 Å². The van der Waals surface area contributed by atoms with E-state index >= 15 is 0 Å². The average molecular weight is 358 g/mol. The molecule has 136 valence electrons. The summed E-state index contributed by atoms with van der Waals surface area (Å²) in [6.45, 7) is 4.84. The number of hydrogen-bond donors (Lipinski definition) is 3. The lowest BCUT2D eigenvalue weighted by atomic mass is 10.2. The Morgan fingerprint density at radius 3 is 2.67 bits per heavy atom. The number of rotatable bonds is 11. The van der Waals surface area contributed by atoms with Crippen molar-refractivity contribution in [1.82, 2.24) is 4.72 Å². The van der Waals surface area contributed by atoms with Crippen LogP contribution in [0.5, 0.6) is 0 Å². The third-order valence-corrected chi connectivity index (χ3v) is 5.04. The van der Waals surface area contributed by atoms with Gasteiger partial charge in [-0.05, 0) is 38.0 Å². The van der Waals surface area contributed by atoms with Gasteiger partial charge in [0.15, 0.2) is 0 Å². The van der Waals surface area contributed by atoms with Gasteiger partial charge >= 0.3 is 5.97 Å². The molecule has 0 bridgehead atoms. The number of carboxylic acid groups (broad SMARTS) is 1. The van der Waals surface area contributed by atoms with Crippen LogP contribution in [0.1, 0.15) is 43.5 Å².